The van der Waals surface area contributed by atoms with Gasteiger partial charge in [0.1, 0.15) is 5.75 Å². The topological polar surface area (TPSA) is 55.5 Å². The Labute approximate surface area is 89.9 Å². The molecule has 3 nitrogen and oxygen atoms in total. The zero-order chi connectivity index (χ0) is 10.9. The summed E-state index contributed by atoms with van der Waals surface area (Å²) in [6, 6.07) is 5.83. The second-order valence-electron chi connectivity index (χ2n) is 4.31. The summed E-state index contributed by atoms with van der Waals surface area (Å²) >= 11 is 0. The first-order chi connectivity index (χ1) is 7.18. The van der Waals surface area contributed by atoms with E-state index in [1.807, 2.05) is 18.2 Å². The van der Waals surface area contributed by atoms with Gasteiger partial charge < -0.3 is 15.6 Å². The van der Waals surface area contributed by atoms with E-state index in [9.17, 15) is 5.11 Å². The number of rotatable bonds is 4. The van der Waals surface area contributed by atoms with Gasteiger partial charge in [-0.05, 0) is 24.8 Å². The van der Waals surface area contributed by atoms with Crippen molar-refractivity contribution >= 4 is 0 Å². The summed E-state index contributed by atoms with van der Waals surface area (Å²) in [4.78, 5) is 0. The van der Waals surface area contributed by atoms with E-state index in [2.05, 4.69) is 0 Å². The highest BCUT2D eigenvalue weighted by molar-refractivity contribution is 5.42. The van der Waals surface area contributed by atoms with E-state index in [1.165, 1.54) is 0 Å². The van der Waals surface area contributed by atoms with Crippen LogP contribution in [0.15, 0.2) is 18.2 Å². The largest absolute Gasteiger partial charge is 0.496 e. The van der Waals surface area contributed by atoms with Gasteiger partial charge in [-0.3, -0.25) is 0 Å². The number of hydrogen-bond acceptors (Lipinski definition) is 3. The number of aliphatic hydroxyl groups excluding tert-OH is 1. The van der Waals surface area contributed by atoms with E-state index in [0.717, 1.165) is 36.1 Å². The standard InChI is InChI=1S/C12H17NO2/c1-15-11-9(7-12(13)5-6-12)3-2-4-10(11)8-14/h2-4,14H,5-8,13H2,1H3. The maximum Gasteiger partial charge on any atom is 0.127 e. The van der Waals surface area contributed by atoms with Crippen LogP contribution in [0.5, 0.6) is 5.75 Å². The van der Waals surface area contributed by atoms with Crippen molar-refractivity contribution in [1.29, 1.82) is 0 Å². The molecule has 0 bridgehead atoms. The van der Waals surface area contributed by atoms with Crippen molar-refractivity contribution in [2.45, 2.75) is 31.4 Å². The zero-order valence-electron chi connectivity index (χ0n) is 8.99. The molecular formula is C12H17NO2. The van der Waals surface area contributed by atoms with Gasteiger partial charge in [0.25, 0.3) is 0 Å². The first-order valence-electron chi connectivity index (χ1n) is 5.23. The normalized spacial score (nSPS) is 17.5. The molecule has 2 rings (SSSR count). The number of aliphatic hydroxyl groups is 1. The smallest absolute Gasteiger partial charge is 0.127 e. The van der Waals surface area contributed by atoms with Crippen LogP contribution < -0.4 is 10.5 Å². The van der Waals surface area contributed by atoms with Gasteiger partial charge in [0, 0.05) is 11.1 Å². The van der Waals surface area contributed by atoms with Gasteiger partial charge in [-0.1, -0.05) is 18.2 Å². The van der Waals surface area contributed by atoms with Gasteiger partial charge in [0.2, 0.25) is 0 Å². The summed E-state index contributed by atoms with van der Waals surface area (Å²) in [6.45, 7) is 0.00852. The number of para-hydroxylation sites is 1. The van der Waals surface area contributed by atoms with Crippen LogP contribution in [0.25, 0.3) is 0 Å². The van der Waals surface area contributed by atoms with Gasteiger partial charge in [-0.15, -0.1) is 0 Å². The molecule has 0 radical (unpaired) electrons. The summed E-state index contributed by atoms with van der Waals surface area (Å²) in [5, 5.41) is 9.18. The highest BCUT2D eigenvalue weighted by Gasteiger charge is 2.38. The maximum atomic E-state index is 9.18. The SMILES string of the molecule is COc1c(CO)cccc1CC1(N)CC1. The Kier molecular flexibility index (Phi) is 2.67. The number of benzene rings is 1. The molecule has 0 spiro atoms. The fourth-order valence-electron chi connectivity index (χ4n) is 1.88. The van der Waals surface area contributed by atoms with Crippen molar-refractivity contribution in [2.75, 3.05) is 7.11 Å². The minimum Gasteiger partial charge on any atom is -0.496 e. The third kappa shape index (κ3) is 2.13. The van der Waals surface area contributed by atoms with Crippen LogP contribution in [0.3, 0.4) is 0 Å². The molecule has 15 heavy (non-hydrogen) atoms. The fraction of sp³-hybridized carbons (Fsp3) is 0.500. The molecule has 82 valence electrons. The third-order valence-corrected chi connectivity index (χ3v) is 2.99. The summed E-state index contributed by atoms with van der Waals surface area (Å²) < 4.78 is 5.33. The van der Waals surface area contributed by atoms with Gasteiger partial charge >= 0.3 is 0 Å². The van der Waals surface area contributed by atoms with Crippen LogP contribution in [-0.2, 0) is 13.0 Å². The average Bonchev–Trinajstić information content (AvgIpc) is 2.95. The van der Waals surface area contributed by atoms with Crippen molar-refractivity contribution < 1.29 is 9.84 Å². The Morgan fingerprint density at radius 3 is 2.60 bits per heavy atom. The molecule has 0 aromatic heterocycles. The monoisotopic (exact) mass is 207 g/mol. The second-order valence-corrected chi connectivity index (χ2v) is 4.31. The molecule has 0 amide bonds. The molecule has 0 heterocycles. The molecule has 0 saturated heterocycles. The lowest BCUT2D eigenvalue weighted by Crippen LogP contribution is -2.24. The quantitative estimate of drug-likeness (QED) is 0.780. The predicted octanol–water partition coefficient (Wildman–Crippen LogP) is 1.22. The Bertz CT molecular complexity index is 359. The number of methoxy groups -OCH3 is 1. The molecule has 1 aromatic carbocycles. The van der Waals surface area contributed by atoms with Crippen molar-refractivity contribution in [3.8, 4) is 5.75 Å². The van der Waals surface area contributed by atoms with Gasteiger partial charge in [-0.25, -0.2) is 0 Å². The van der Waals surface area contributed by atoms with Gasteiger partial charge in [0.15, 0.2) is 0 Å². The lowest BCUT2D eigenvalue weighted by atomic mass is 10.0. The first-order valence-corrected chi connectivity index (χ1v) is 5.23. The number of nitrogens with two attached hydrogens (primary N) is 1. The fourth-order valence-corrected chi connectivity index (χ4v) is 1.88. The summed E-state index contributed by atoms with van der Waals surface area (Å²) in [6.07, 6.45) is 3.00. The highest BCUT2D eigenvalue weighted by Crippen LogP contribution is 2.38. The first kappa shape index (κ1) is 10.5. The molecule has 0 aliphatic heterocycles. The molecule has 1 aliphatic carbocycles. The molecule has 1 saturated carbocycles. The van der Waals surface area contributed by atoms with Crippen LogP contribution in [0.1, 0.15) is 24.0 Å². The molecule has 1 aromatic rings. The van der Waals surface area contributed by atoms with E-state index < -0.39 is 0 Å². The molecule has 1 fully saturated rings. The van der Waals surface area contributed by atoms with Crippen molar-refractivity contribution in [1.82, 2.24) is 0 Å². The van der Waals surface area contributed by atoms with Crippen LogP contribution >= 0.6 is 0 Å². The zero-order valence-corrected chi connectivity index (χ0v) is 8.99. The third-order valence-electron chi connectivity index (χ3n) is 2.99. The van der Waals surface area contributed by atoms with Crippen LogP contribution in [0, 0.1) is 0 Å². The van der Waals surface area contributed by atoms with Crippen LogP contribution in [0.4, 0.5) is 0 Å². The van der Waals surface area contributed by atoms with Crippen molar-refractivity contribution in [3.05, 3.63) is 29.3 Å². The minimum atomic E-state index is -0.0264. The number of hydrogen-bond donors (Lipinski definition) is 2. The van der Waals surface area contributed by atoms with E-state index >= 15 is 0 Å². The van der Waals surface area contributed by atoms with Gasteiger partial charge in [-0.2, -0.15) is 0 Å². The summed E-state index contributed by atoms with van der Waals surface area (Å²) in [7, 11) is 1.63. The molecule has 0 atom stereocenters. The summed E-state index contributed by atoms with van der Waals surface area (Å²) in [5.41, 5.74) is 7.98. The Morgan fingerprint density at radius 1 is 1.40 bits per heavy atom. The minimum absolute atomic E-state index is 0.00852. The summed E-state index contributed by atoms with van der Waals surface area (Å²) in [5.74, 6) is 0.789. The van der Waals surface area contributed by atoms with Crippen molar-refractivity contribution in [2.24, 2.45) is 5.73 Å². The van der Waals surface area contributed by atoms with Crippen LogP contribution in [-0.4, -0.2) is 17.8 Å². The van der Waals surface area contributed by atoms with E-state index in [0.29, 0.717) is 0 Å². The lowest BCUT2D eigenvalue weighted by Gasteiger charge is -2.15. The molecule has 0 unspecified atom stereocenters. The highest BCUT2D eigenvalue weighted by atomic mass is 16.5. The molecule has 1 aliphatic rings. The lowest BCUT2D eigenvalue weighted by molar-refractivity contribution is 0.273. The van der Waals surface area contributed by atoms with Crippen LogP contribution in [0.2, 0.25) is 0 Å². The maximum absolute atomic E-state index is 9.18. The Balaban J connectivity index is 2.28. The Morgan fingerprint density at radius 2 is 2.07 bits per heavy atom. The second kappa shape index (κ2) is 3.83. The van der Waals surface area contributed by atoms with E-state index in [-0.39, 0.29) is 12.1 Å². The average molecular weight is 207 g/mol. The van der Waals surface area contributed by atoms with E-state index in [1.54, 1.807) is 7.11 Å². The molecule has 3 heteroatoms. The molecule has 3 N–H and O–H groups in total. The predicted molar refractivity (Wildman–Crippen MR) is 58.8 cm³/mol. The van der Waals surface area contributed by atoms with E-state index in [4.69, 9.17) is 10.5 Å². The number of ether oxygens (including phenoxy) is 1. The van der Waals surface area contributed by atoms with Gasteiger partial charge in [0.05, 0.1) is 13.7 Å². The molecular weight excluding hydrogens is 190 g/mol. The van der Waals surface area contributed by atoms with Crippen molar-refractivity contribution in [3.63, 3.8) is 0 Å². The Hall–Kier alpha value is -1.06.